The quantitative estimate of drug-likeness (QED) is 0.700. The van der Waals surface area contributed by atoms with Gasteiger partial charge in [-0.25, -0.2) is 35.9 Å². The smallest absolute Gasteiger partial charge is 0.267 e. The average Bonchev–Trinajstić information content (AvgIpc) is 3.13. The highest BCUT2D eigenvalue weighted by Crippen LogP contribution is 2.46. The molecular formula is C19H17F3N4O4S. The van der Waals surface area contributed by atoms with E-state index in [-0.39, 0.29) is 36.5 Å². The normalized spacial score (nSPS) is 24.6. The second-order valence-electron chi connectivity index (χ2n) is 7.26. The van der Waals surface area contributed by atoms with Crippen LogP contribution in [0.15, 0.2) is 35.5 Å². The van der Waals surface area contributed by atoms with Crippen molar-refractivity contribution in [1.82, 2.24) is 9.29 Å². The average molecular weight is 454 g/mol. The van der Waals surface area contributed by atoms with Gasteiger partial charge in [0.2, 0.25) is 11.4 Å². The maximum Gasteiger partial charge on any atom is 0.267 e. The van der Waals surface area contributed by atoms with E-state index in [0.29, 0.717) is 12.3 Å². The molecule has 12 heteroatoms. The van der Waals surface area contributed by atoms with Crippen molar-refractivity contribution in [3.8, 4) is 0 Å². The molecule has 0 saturated carbocycles. The summed E-state index contributed by atoms with van der Waals surface area (Å²) < 4.78 is 73.5. The molecule has 2 atom stereocenters. The lowest BCUT2D eigenvalue weighted by molar-refractivity contribution is 0.0983. The number of sulfonamides is 1. The molecule has 0 spiro atoms. The first kappa shape index (κ1) is 21.2. The summed E-state index contributed by atoms with van der Waals surface area (Å²) in [6, 6.07) is 4.19. The predicted molar refractivity (Wildman–Crippen MR) is 103 cm³/mol. The van der Waals surface area contributed by atoms with Crippen LogP contribution in [0.3, 0.4) is 0 Å². The molecule has 1 saturated heterocycles. The van der Waals surface area contributed by atoms with Gasteiger partial charge in [-0.3, -0.25) is 4.79 Å². The van der Waals surface area contributed by atoms with Gasteiger partial charge in [0.15, 0.2) is 11.6 Å². The maximum absolute atomic E-state index is 14.9. The van der Waals surface area contributed by atoms with Crippen LogP contribution in [0, 0.1) is 17.5 Å². The number of benzene rings is 1. The first-order valence-electron chi connectivity index (χ1n) is 9.14. The summed E-state index contributed by atoms with van der Waals surface area (Å²) in [4.78, 5) is 20.2. The van der Waals surface area contributed by atoms with E-state index in [4.69, 9.17) is 10.5 Å². The van der Waals surface area contributed by atoms with Crippen molar-refractivity contribution in [2.24, 2.45) is 10.7 Å². The fraction of sp³-hybridized carbons (Fsp3) is 0.316. The van der Waals surface area contributed by atoms with Crippen LogP contribution in [-0.4, -0.2) is 48.5 Å². The summed E-state index contributed by atoms with van der Waals surface area (Å²) in [6.07, 6.45) is 0.386. The van der Waals surface area contributed by atoms with Crippen LogP contribution in [0.1, 0.15) is 28.0 Å². The highest BCUT2D eigenvalue weighted by molar-refractivity contribution is 7.90. The van der Waals surface area contributed by atoms with Crippen LogP contribution in [-0.2, 0) is 26.7 Å². The van der Waals surface area contributed by atoms with Gasteiger partial charge in [0.25, 0.3) is 10.0 Å². The molecule has 0 radical (unpaired) electrons. The molecule has 2 aliphatic rings. The summed E-state index contributed by atoms with van der Waals surface area (Å²) >= 11 is 0. The molecule has 2 aliphatic heterocycles. The summed E-state index contributed by atoms with van der Waals surface area (Å²) in [6.45, 7) is 0.00181. The molecule has 0 bridgehead atoms. The Morgan fingerprint density at radius 3 is 2.74 bits per heavy atom. The molecule has 2 aromatic rings. The van der Waals surface area contributed by atoms with Crippen molar-refractivity contribution >= 4 is 21.8 Å². The topological polar surface area (TPSA) is 115 Å². The van der Waals surface area contributed by atoms with Crippen LogP contribution in [0.5, 0.6) is 0 Å². The Hall–Kier alpha value is -2.99. The second-order valence-corrected chi connectivity index (χ2v) is 9.26. The lowest BCUT2D eigenvalue weighted by Gasteiger charge is -2.38. The van der Waals surface area contributed by atoms with Crippen LogP contribution >= 0.6 is 0 Å². The molecule has 0 amide bonds. The van der Waals surface area contributed by atoms with Gasteiger partial charge in [-0.1, -0.05) is 6.07 Å². The number of aromatic nitrogens is 1. The molecule has 2 N–H and O–H groups in total. The number of ether oxygens (including phenoxy) is 1. The Kier molecular flexibility index (Phi) is 5.01. The second kappa shape index (κ2) is 7.31. The molecule has 31 heavy (non-hydrogen) atoms. The SMILES string of the molecule is CN1C(N)=N[C@@]2(c3cc(CC(=O)c4ncc(F)cc4F)ccc3F)CCOC2S1(=O)=O. The number of aliphatic imine (C=N–C) groups is 1. The molecular weight excluding hydrogens is 437 g/mol. The van der Waals surface area contributed by atoms with E-state index in [2.05, 4.69) is 9.98 Å². The molecule has 1 fully saturated rings. The lowest BCUT2D eigenvalue weighted by atomic mass is 9.87. The van der Waals surface area contributed by atoms with Gasteiger partial charge in [0.1, 0.15) is 22.9 Å². The fourth-order valence-corrected chi connectivity index (χ4v) is 5.44. The minimum atomic E-state index is -4.07. The summed E-state index contributed by atoms with van der Waals surface area (Å²) in [5, 5.41) is 0. The number of hydrogen-bond donors (Lipinski definition) is 1. The number of halogens is 3. The molecule has 1 aromatic heterocycles. The van der Waals surface area contributed by atoms with E-state index in [9.17, 15) is 26.4 Å². The van der Waals surface area contributed by atoms with Gasteiger partial charge in [0.05, 0.1) is 12.8 Å². The summed E-state index contributed by atoms with van der Waals surface area (Å²) in [5.74, 6) is -3.88. The summed E-state index contributed by atoms with van der Waals surface area (Å²) in [5.41, 5.74) is 2.27. The first-order chi connectivity index (χ1) is 14.6. The van der Waals surface area contributed by atoms with Crippen LogP contribution in [0.4, 0.5) is 13.2 Å². The van der Waals surface area contributed by atoms with E-state index in [1.54, 1.807) is 0 Å². The van der Waals surface area contributed by atoms with Crippen molar-refractivity contribution in [2.75, 3.05) is 13.7 Å². The molecule has 0 aliphatic carbocycles. The molecule has 164 valence electrons. The van der Waals surface area contributed by atoms with Crippen molar-refractivity contribution in [3.05, 3.63) is 64.7 Å². The standard InChI is InChI=1S/C19H17F3N4O4S/c1-26-18(23)25-19(4-5-30-17(19)31(26,28)29)12-6-10(2-3-13(12)21)7-15(27)16-14(22)8-11(20)9-24-16/h2-3,6,8-9,17H,4-5,7H2,1H3,(H2,23,25)/t17?,19-/m1/s1. The Morgan fingerprint density at radius 2 is 2.03 bits per heavy atom. The molecule has 4 rings (SSSR count). The van der Waals surface area contributed by atoms with E-state index in [0.717, 1.165) is 10.4 Å². The zero-order chi connectivity index (χ0) is 22.6. The van der Waals surface area contributed by atoms with Crippen LogP contribution < -0.4 is 5.73 Å². The van der Waals surface area contributed by atoms with Crippen molar-refractivity contribution in [2.45, 2.75) is 23.8 Å². The molecule has 1 aromatic carbocycles. The largest absolute Gasteiger partial charge is 0.369 e. The maximum atomic E-state index is 14.9. The van der Waals surface area contributed by atoms with E-state index in [1.165, 1.54) is 19.2 Å². The third-order valence-electron chi connectivity index (χ3n) is 5.37. The summed E-state index contributed by atoms with van der Waals surface area (Å²) in [7, 11) is -2.86. The van der Waals surface area contributed by atoms with Gasteiger partial charge in [-0.2, -0.15) is 0 Å². The molecule has 3 heterocycles. The monoisotopic (exact) mass is 454 g/mol. The van der Waals surface area contributed by atoms with E-state index in [1.807, 2.05) is 0 Å². The van der Waals surface area contributed by atoms with Gasteiger partial charge in [-0.05, 0) is 17.7 Å². The number of guanidine groups is 1. The van der Waals surface area contributed by atoms with Crippen LogP contribution in [0.25, 0.3) is 0 Å². The molecule has 8 nitrogen and oxygen atoms in total. The Balaban J connectivity index is 1.76. The fourth-order valence-electron chi connectivity index (χ4n) is 3.79. The van der Waals surface area contributed by atoms with Crippen molar-refractivity contribution in [1.29, 1.82) is 0 Å². The minimum absolute atomic E-state index is 0.00181. The lowest BCUT2D eigenvalue weighted by Crippen LogP contribution is -2.55. The number of hydrogen-bond acceptors (Lipinski definition) is 7. The first-order valence-corrected chi connectivity index (χ1v) is 10.6. The number of carbonyl (C=O) groups excluding carboxylic acids is 1. The Labute approximate surface area is 175 Å². The third kappa shape index (κ3) is 3.35. The number of carbonyl (C=O) groups is 1. The number of nitrogens with zero attached hydrogens (tertiary/aromatic N) is 3. The van der Waals surface area contributed by atoms with Gasteiger partial charge in [0, 0.05) is 31.5 Å². The van der Waals surface area contributed by atoms with E-state index >= 15 is 0 Å². The predicted octanol–water partition coefficient (Wildman–Crippen LogP) is 1.46. The highest BCUT2D eigenvalue weighted by Gasteiger charge is 2.58. The van der Waals surface area contributed by atoms with Crippen LogP contribution in [0.2, 0.25) is 0 Å². The molecule has 1 unspecified atom stereocenters. The number of pyridine rings is 1. The zero-order valence-electron chi connectivity index (χ0n) is 16.2. The number of ketones is 1. The number of nitrogens with two attached hydrogens (primary N) is 1. The van der Waals surface area contributed by atoms with Gasteiger partial charge >= 0.3 is 0 Å². The van der Waals surface area contributed by atoms with Crippen molar-refractivity contribution in [3.63, 3.8) is 0 Å². The number of Topliss-reactive ketones (excluding diaryl/α,β-unsaturated/α-hetero) is 1. The highest BCUT2D eigenvalue weighted by atomic mass is 32.2. The minimum Gasteiger partial charge on any atom is -0.369 e. The number of fused-ring (bicyclic) bond motifs is 1. The van der Waals surface area contributed by atoms with Crippen molar-refractivity contribution < 1.29 is 31.1 Å². The van der Waals surface area contributed by atoms with Gasteiger partial charge < -0.3 is 10.5 Å². The third-order valence-corrected chi connectivity index (χ3v) is 7.38. The number of rotatable bonds is 4. The Bertz CT molecular complexity index is 1220. The van der Waals surface area contributed by atoms with E-state index < -0.39 is 49.9 Å². The zero-order valence-corrected chi connectivity index (χ0v) is 17.0. The Morgan fingerprint density at radius 1 is 1.29 bits per heavy atom. The van der Waals surface area contributed by atoms with Gasteiger partial charge in [-0.15, -0.1) is 0 Å².